The van der Waals surface area contributed by atoms with Crippen LogP contribution in [0, 0.1) is 0 Å². The zero-order valence-corrected chi connectivity index (χ0v) is 12.3. The number of carbonyl (C=O) groups excluding carboxylic acids is 1. The van der Waals surface area contributed by atoms with E-state index in [0.717, 1.165) is 31.5 Å². The number of nitrogens with one attached hydrogen (secondary N) is 1. The third kappa shape index (κ3) is 3.62. The molecule has 3 rings (SSSR count). The summed E-state index contributed by atoms with van der Waals surface area (Å²) in [6.07, 6.45) is 10.8. The summed E-state index contributed by atoms with van der Waals surface area (Å²) in [4.78, 5) is 27.4. The minimum Gasteiger partial charge on any atom is -0.335 e. The molecule has 0 bridgehead atoms. The number of rotatable bonds is 5. The lowest BCUT2D eigenvalue weighted by atomic mass is 10.2. The van der Waals surface area contributed by atoms with E-state index in [-0.39, 0.29) is 12.1 Å². The van der Waals surface area contributed by atoms with E-state index >= 15 is 0 Å². The maximum atomic E-state index is 12.2. The number of likely N-dealkylation sites (tertiary alicyclic amines) is 1. The molecule has 0 saturated carbocycles. The van der Waals surface area contributed by atoms with Gasteiger partial charge < -0.3 is 9.47 Å². The van der Waals surface area contributed by atoms with Gasteiger partial charge in [0.2, 0.25) is 0 Å². The topological polar surface area (TPSA) is 72.3 Å². The van der Waals surface area contributed by atoms with Gasteiger partial charge in [0, 0.05) is 37.9 Å². The van der Waals surface area contributed by atoms with E-state index in [1.807, 2.05) is 27.8 Å². The van der Waals surface area contributed by atoms with Crippen molar-refractivity contribution in [3.05, 3.63) is 48.8 Å². The summed E-state index contributed by atoms with van der Waals surface area (Å²) in [7, 11) is 0. The Morgan fingerprint density at radius 3 is 3.14 bits per heavy atom. The van der Waals surface area contributed by atoms with Gasteiger partial charge in [-0.1, -0.05) is 6.07 Å². The fourth-order valence-corrected chi connectivity index (χ4v) is 2.65. The van der Waals surface area contributed by atoms with E-state index in [0.29, 0.717) is 6.61 Å². The van der Waals surface area contributed by atoms with Gasteiger partial charge in [-0.3, -0.25) is 9.82 Å². The van der Waals surface area contributed by atoms with Crippen LogP contribution in [-0.2, 0) is 18.0 Å². The molecule has 0 spiro atoms. The van der Waals surface area contributed by atoms with Crippen LogP contribution in [0.15, 0.2) is 43.2 Å². The number of imidazole rings is 1. The Balaban J connectivity index is 1.48. The molecule has 116 valence electrons. The van der Waals surface area contributed by atoms with Crippen LogP contribution in [0.2, 0.25) is 0 Å². The van der Waals surface area contributed by atoms with E-state index in [1.165, 1.54) is 0 Å². The molecule has 2 amide bonds. The Kier molecular flexibility index (Phi) is 4.65. The van der Waals surface area contributed by atoms with Gasteiger partial charge in [0.1, 0.15) is 6.61 Å². The number of hydrogen-bond donors (Lipinski definition) is 1. The van der Waals surface area contributed by atoms with Crippen molar-refractivity contribution in [2.24, 2.45) is 0 Å². The highest BCUT2D eigenvalue weighted by Gasteiger charge is 2.29. The van der Waals surface area contributed by atoms with Crippen LogP contribution in [0.3, 0.4) is 0 Å². The van der Waals surface area contributed by atoms with Crippen LogP contribution in [0.5, 0.6) is 0 Å². The predicted octanol–water partition coefficient (Wildman–Crippen LogP) is 1.58. The Morgan fingerprint density at radius 1 is 1.41 bits per heavy atom. The second kappa shape index (κ2) is 7.04. The van der Waals surface area contributed by atoms with Gasteiger partial charge in [0.05, 0.1) is 12.4 Å². The lowest BCUT2D eigenvalue weighted by Gasteiger charge is -2.24. The maximum absolute atomic E-state index is 12.2. The van der Waals surface area contributed by atoms with Crippen LogP contribution in [-0.4, -0.2) is 38.1 Å². The largest absolute Gasteiger partial charge is 0.341 e. The second-order valence-corrected chi connectivity index (χ2v) is 5.31. The quantitative estimate of drug-likeness (QED) is 0.851. The molecule has 1 saturated heterocycles. The van der Waals surface area contributed by atoms with E-state index in [9.17, 15) is 4.79 Å². The molecule has 0 aliphatic carbocycles. The van der Waals surface area contributed by atoms with Gasteiger partial charge in [0.25, 0.3) is 0 Å². The molecular formula is C15H19N5O2. The number of urea groups is 1. The molecule has 0 aromatic carbocycles. The highest BCUT2D eigenvalue weighted by molar-refractivity contribution is 5.73. The highest BCUT2D eigenvalue weighted by Crippen LogP contribution is 2.18. The van der Waals surface area contributed by atoms with Gasteiger partial charge in [-0.25, -0.2) is 15.3 Å². The summed E-state index contributed by atoms with van der Waals surface area (Å²) < 4.78 is 1.99. The third-order valence-electron chi connectivity index (χ3n) is 3.74. The van der Waals surface area contributed by atoms with Crippen LogP contribution >= 0.6 is 0 Å². The van der Waals surface area contributed by atoms with Gasteiger partial charge in [-0.2, -0.15) is 0 Å². The Hall–Kier alpha value is -2.41. The van der Waals surface area contributed by atoms with Crippen LogP contribution in [0.1, 0.15) is 18.4 Å². The van der Waals surface area contributed by atoms with Gasteiger partial charge >= 0.3 is 6.03 Å². The predicted molar refractivity (Wildman–Crippen MR) is 79.5 cm³/mol. The summed E-state index contributed by atoms with van der Waals surface area (Å²) in [6.45, 7) is 1.82. The number of pyridine rings is 1. The van der Waals surface area contributed by atoms with E-state index in [4.69, 9.17) is 4.84 Å². The normalized spacial score (nSPS) is 17.6. The number of hydrogen-bond acceptors (Lipinski definition) is 4. The van der Waals surface area contributed by atoms with E-state index < -0.39 is 0 Å². The molecule has 22 heavy (non-hydrogen) atoms. The summed E-state index contributed by atoms with van der Waals surface area (Å²) in [6, 6.07) is 3.72. The van der Waals surface area contributed by atoms with Crippen molar-refractivity contribution < 1.29 is 9.63 Å². The van der Waals surface area contributed by atoms with Crippen molar-refractivity contribution in [1.29, 1.82) is 0 Å². The van der Waals surface area contributed by atoms with Crippen molar-refractivity contribution in [2.45, 2.75) is 32.0 Å². The molecule has 0 unspecified atom stereocenters. The summed E-state index contributed by atoms with van der Waals surface area (Å²) in [5.74, 6) is 0. The molecular weight excluding hydrogens is 282 g/mol. The number of aromatic nitrogens is 3. The average Bonchev–Trinajstić information content (AvgIpc) is 3.20. The fourth-order valence-electron chi connectivity index (χ4n) is 2.65. The summed E-state index contributed by atoms with van der Waals surface area (Å²) in [5, 5.41) is 0. The molecule has 1 fully saturated rings. The first-order valence-electron chi connectivity index (χ1n) is 7.36. The lowest BCUT2D eigenvalue weighted by Crippen LogP contribution is -2.44. The van der Waals surface area contributed by atoms with Gasteiger partial charge in [-0.15, -0.1) is 0 Å². The molecule has 1 N–H and O–H groups in total. The van der Waals surface area contributed by atoms with Crippen LogP contribution in [0.4, 0.5) is 4.79 Å². The molecule has 0 radical (unpaired) electrons. The monoisotopic (exact) mass is 301 g/mol. The Bertz CT molecular complexity index is 587. The first-order chi connectivity index (χ1) is 10.8. The Morgan fingerprint density at radius 2 is 2.36 bits per heavy atom. The van der Waals surface area contributed by atoms with Crippen molar-refractivity contribution >= 4 is 6.03 Å². The van der Waals surface area contributed by atoms with Gasteiger partial charge in [-0.05, 0) is 24.5 Å². The van der Waals surface area contributed by atoms with E-state index in [1.54, 1.807) is 24.9 Å². The number of nitrogens with zero attached hydrogens (tertiary/aromatic N) is 4. The van der Waals surface area contributed by atoms with Crippen LogP contribution < -0.4 is 5.48 Å². The van der Waals surface area contributed by atoms with Crippen LogP contribution in [0.25, 0.3) is 0 Å². The first-order valence-corrected chi connectivity index (χ1v) is 7.36. The fraction of sp³-hybridized carbons (Fsp3) is 0.400. The Labute approximate surface area is 128 Å². The summed E-state index contributed by atoms with van der Waals surface area (Å²) in [5.41, 5.74) is 3.43. The van der Waals surface area contributed by atoms with Crippen molar-refractivity contribution in [1.82, 2.24) is 24.9 Å². The minimum atomic E-state index is -0.188. The molecule has 7 nitrogen and oxygen atoms in total. The molecule has 2 aromatic rings. The lowest BCUT2D eigenvalue weighted by molar-refractivity contribution is 0.0344. The van der Waals surface area contributed by atoms with Gasteiger partial charge in [0.15, 0.2) is 0 Å². The standard InChI is InChI=1S/C15H19N5O2/c21-15(18-22-11-13-3-1-5-16-9-13)20-7-2-4-14(20)10-19-8-6-17-12-19/h1,3,5-6,8-9,12,14H,2,4,7,10-11H2,(H,18,21)/t14-/m1/s1. The number of hydroxylamine groups is 1. The number of carbonyl (C=O) groups is 1. The molecule has 2 aromatic heterocycles. The van der Waals surface area contributed by atoms with Crippen molar-refractivity contribution in [3.8, 4) is 0 Å². The highest BCUT2D eigenvalue weighted by atomic mass is 16.7. The minimum absolute atomic E-state index is 0.177. The third-order valence-corrected chi connectivity index (χ3v) is 3.74. The van der Waals surface area contributed by atoms with E-state index in [2.05, 4.69) is 15.4 Å². The number of amides is 2. The smallest absolute Gasteiger partial charge is 0.335 e. The molecule has 3 heterocycles. The van der Waals surface area contributed by atoms with Crippen molar-refractivity contribution in [2.75, 3.05) is 6.54 Å². The zero-order chi connectivity index (χ0) is 15.2. The molecule has 1 aliphatic heterocycles. The molecule has 1 atom stereocenters. The summed E-state index contributed by atoms with van der Waals surface area (Å²) >= 11 is 0. The SMILES string of the molecule is O=C(NOCc1cccnc1)N1CCC[C@@H]1Cn1ccnc1. The molecule has 7 heteroatoms. The average molecular weight is 301 g/mol. The molecule has 1 aliphatic rings. The second-order valence-electron chi connectivity index (χ2n) is 5.31. The maximum Gasteiger partial charge on any atom is 0.341 e. The first kappa shape index (κ1) is 14.5. The zero-order valence-electron chi connectivity index (χ0n) is 12.3. The van der Waals surface area contributed by atoms with Crippen molar-refractivity contribution in [3.63, 3.8) is 0 Å².